The van der Waals surface area contributed by atoms with Crippen LogP contribution in [0.5, 0.6) is 0 Å². The Morgan fingerprint density at radius 2 is 0.938 bits per heavy atom. The lowest BCUT2D eigenvalue weighted by Crippen LogP contribution is -2.47. The molecule has 0 spiro atoms. The molecule has 0 unspecified atom stereocenters. The van der Waals surface area contributed by atoms with Crippen LogP contribution >= 0.6 is 0 Å². The van der Waals surface area contributed by atoms with Crippen molar-refractivity contribution in [2.75, 3.05) is 13.3 Å². The van der Waals surface area contributed by atoms with Crippen LogP contribution < -0.4 is 11.5 Å². The number of hydrogen-bond donors (Lipinski definition) is 2. The maximum atomic E-state index is 13.8. The minimum atomic E-state index is -5.24. The third-order valence-corrected chi connectivity index (χ3v) is 5.25. The zero-order valence-electron chi connectivity index (χ0n) is 15.5. The molecule has 4 rings (SSSR count). The zero-order valence-corrected chi connectivity index (χ0v) is 15.5. The van der Waals surface area contributed by atoms with E-state index in [0.29, 0.717) is 0 Å². The molecular weight excluding hydrogens is 450 g/mol. The lowest BCUT2D eigenvalue weighted by atomic mass is 9.81. The van der Waals surface area contributed by atoms with Crippen LogP contribution in [0.1, 0.15) is 52.6 Å². The molecule has 8 nitrogen and oxygen atoms in total. The molecule has 4 N–H and O–H groups in total. The fourth-order valence-electron chi connectivity index (χ4n) is 3.94. The third-order valence-electron chi connectivity index (χ3n) is 5.25. The van der Waals surface area contributed by atoms with Crippen molar-refractivity contribution < 1.29 is 45.5 Å². The molecule has 0 radical (unpaired) electrons. The van der Waals surface area contributed by atoms with Gasteiger partial charge in [-0.2, -0.15) is 26.3 Å². The summed E-state index contributed by atoms with van der Waals surface area (Å²) in [5.41, 5.74) is 3.01. The first-order valence-corrected chi connectivity index (χ1v) is 8.70. The van der Waals surface area contributed by atoms with Crippen molar-refractivity contribution in [1.82, 2.24) is 9.80 Å². The lowest BCUT2D eigenvalue weighted by molar-refractivity contribution is -0.139. The first-order chi connectivity index (χ1) is 14.8. The number of halogens is 6. The molecule has 0 atom stereocenters. The molecule has 2 aromatic rings. The van der Waals surface area contributed by atoms with E-state index < -0.39 is 93.5 Å². The molecule has 0 bridgehead atoms. The van der Waals surface area contributed by atoms with Gasteiger partial charge in [-0.1, -0.05) is 0 Å². The predicted molar refractivity (Wildman–Crippen MR) is 93.1 cm³/mol. The topological polar surface area (TPSA) is 127 Å². The average molecular weight is 460 g/mol. The number of hydrogen-bond acceptors (Lipinski definition) is 6. The summed E-state index contributed by atoms with van der Waals surface area (Å²) in [4.78, 5) is 51.1. The Morgan fingerprint density at radius 3 is 1.19 bits per heavy atom. The van der Waals surface area contributed by atoms with Crippen LogP contribution in [0.2, 0.25) is 0 Å². The summed E-state index contributed by atoms with van der Waals surface area (Å²) in [7, 11) is 0. The number of carbonyl (C=O) groups is 4. The second kappa shape index (κ2) is 6.49. The minimum absolute atomic E-state index is 0.146. The van der Waals surface area contributed by atoms with Crippen LogP contribution in [-0.4, -0.2) is 46.8 Å². The molecule has 32 heavy (non-hydrogen) atoms. The fourth-order valence-corrected chi connectivity index (χ4v) is 3.94. The van der Waals surface area contributed by atoms with Crippen LogP contribution in [0.3, 0.4) is 0 Å². The minimum Gasteiger partial charge on any atom is -0.313 e. The molecule has 0 aliphatic carbocycles. The Kier molecular flexibility index (Phi) is 4.40. The summed E-state index contributed by atoms with van der Waals surface area (Å²) >= 11 is 0. The van der Waals surface area contributed by atoms with Crippen LogP contribution in [0, 0.1) is 0 Å². The normalized spacial score (nSPS) is 16.5. The largest absolute Gasteiger partial charge is 0.417 e. The van der Waals surface area contributed by atoms with E-state index in [-0.39, 0.29) is 21.9 Å². The summed E-state index contributed by atoms with van der Waals surface area (Å²) in [5, 5.41) is -1.73. The van der Waals surface area contributed by atoms with E-state index in [4.69, 9.17) is 11.5 Å². The van der Waals surface area contributed by atoms with Gasteiger partial charge in [0.05, 0.1) is 35.6 Å². The molecule has 2 heterocycles. The van der Waals surface area contributed by atoms with Crippen LogP contribution in [0.4, 0.5) is 26.3 Å². The van der Waals surface area contributed by atoms with E-state index in [9.17, 15) is 45.5 Å². The fraction of sp³-hybridized carbons (Fsp3) is 0.222. The standard InChI is InChI=1S/C18H10F6N4O4/c19-17(20,21)7-1-5-9-10-6(14(30)28(4-26)15(31)11(7)10)2-8(18(22,23)24)12(9)16(32)27(3-25)13(5)29/h1-2H,3-4,25-26H2. The van der Waals surface area contributed by atoms with Crippen LogP contribution in [0.15, 0.2) is 12.1 Å². The molecule has 14 heteroatoms. The average Bonchev–Trinajstić information content (AvgIpc) is 2.68. The third kappa shape index (κ3) is 2.65. The van der Waals surface area contributed by atoms with Gasteiger partial charge in [0.1, 0.15) is 0 Å². The smallest absolute Gasteiger partial charge is 0.313 e. The van der Waals surface area contributed by atoms with E-state index in [1.165, 1.54) is 0 Å². The molecule has 0 saturated heterocycles. The number of imide groups is 2. The van der Waals surface area contributed by atoms with Gasteiger partial charge in [-0.25, -0.2) is 0 Å². The molecule has 0 fully saturated rings. The molecule has 0 saturated carbocycles. The summed E-state index contributed by atoms with van der Waals surface area (Å²) < 4.78 is 82.9. The number of alkyl halides is 6. The molecule has 4 amide bonds. The highest BCUT2D eigenvalue weighted by Gasteiger charge is 2.49. The monoisotopic (exact) mass is 460 g/mol. The van der Waals surface area contributed by atoms with Gasteiger partial charge in [-0.15, -0.1) is 0 Å². The number of carbonyl (C=O) groups excluding carboxylic acids is 4. The number of nitrogens with two attached hydrogens (primary N) is 2. The summed E-state index contributed by atoms with van der Waals surface area (Å²) in [5.74, 6) is -5.83. The van der Waals surface area contributed by atoms with Crippen molar-refractivity contribution in [3.8, 4) is 0 Å². The second-order valence-corrected chi connectivity index (χ2v) is 6.88. The Morgan fingerprint density at radius 1 is 0.625 bits per heavy atom. The van der Waals surface area contributed by atoms with E-state index in [1.54, 1.807) is 0 Å². The van der Waals surface area contributed by atoms with Crippen molar-refractivity contribution in [2.45, 2.75) is 12.4 Å². The summed E-state index contributed by atoms with van der Waals surface area (Å²) in [6.07, 6.45) is -10.5. The Bertz CT molecular complexity index is 1170. The predicted octanol–water partition coefficient (Wildman–Crippen LogP) is 1.90. The SMILES string of the molecule is NCN1C(=O)c2cc(C(F)(F)F)c3c4c(cc(C(F)(F)F)c(c24)C1=O)C(=O)N(CN)C3=O. The lowest BCUT2D eigenvalue weighted by Gasteiger charge is -2.34. The van der Waals surface area contributed by atoms with E-state index >= 15 is 0 Å². The Labute approximate surface area is 173 Å². The van der Waals surface area contributed by atoms with Crippen LogP contribution in [-0.2, 0) is 12.4 Å². The van der Waals surface area contributed by atoms with Crippen molar-refractivity contribution in [3.63, 3.8) is 0 Å². The molecule has 2 aliphatic rings. The highest BCUT2D eigenvalue weighted by Crippen LogP contribution is 2.47. The first kappa shape index (κ1) is 21.7. The van der Waals surface area contributed by atoms with Gasteiger partial charge in [0.15, 0.2) is 0 Å². The van der Waals surface area contributed by atoms with Crippen LogP contribution in [0.25, 0.3) is 10.8 Å². The summed E-state index contributed by atoms with van der Waals surface area (Å²) in [6, 6.07) is 0.371. The van der Waals surface area contributed by atoms with Gasteiger partial charge in [0.25, 0.3) is 23.6 Å². The quantitative estimate of drug-likeness (QED) is 0.521. The van der Waals surface area contributed by atoms with Gasteiger partial charge in [0.2, 0.25) is 0 Å². The Balaban J connectivity index is 2.34. The molecular formula is C18H10F6N4O4. The van der Waals surface area contributed by atoms with Crippen molar-refractivity contribution in [3.05, 3.63) is 45.5 Å². The van der Waals surface area contributed by atoms with Gasteiger partial charge >= 0.3 is 12.4 Å². The van der Waals surface area contributed by atoms with E-state index in [0.717, 1.165) is 0 Å². The highest BCUT2D eigenvalue weighted by molar-refractivity contribution is 6.34. The maximum Gasteiger partial charge on any atom is 0.417 e. The Hall–Kier alpha value is -3.52. The van der Waals surface area contributed by atoms with Crippen molar-refractivity contribution >= 4 is 34.4 Å². The van der Waals surface area contributed by atoms with E-state index in [2.05, 4.69) is 0 Å². The van der Waals surface area contributed by atoms with Gasteiger partial charge in [-0.05, 0) is 12.1 Å². The zero-order chi connectivity index (χ0) is 23.9. The number of nitrogens with zero attached hydrogens (tertiary/aromatic N) is 2. The van der Waals surface area contributed by atoms with Crippen molar-refractivity contribution in [2.24, 2.45) is 11.5 Å². The van der Waals surface area contributed by atoms with Gasteiger partial charge in [-0.3, -0.25) is 29.0 Å². The number of benzene rings is 2. The highest BCUT2D eigenvalue weighted by atomic mass is 19.4. The molecule has 168 valence electrons. The summed E-state index contributed by atoms with van der Waals surface area (Å²) in [6.45, 7) is -1.83. The van der Waals surface area contributed by atoms with Gasteiger partial charge in [0, 0.05) is 21.9 Å². The molecule has 2 aromatic carbocycles. The molecule has 0 aromatic heterocycles. The first-order valence-electron chi connectivity index (χ1n) is 8.70. The number of amides is 4. The number of rotatable bonds is 2. The maximum absolute atomic E-state index is 13.8. The van der Waals surface area contributed by atoms with Gasteiger partial charge < -0.3 is 11.5 Å². The van der Waals surface area contributed by atoms with Crippen molar-refractivity contribution in [1.29, 1.82) is 0 Å². The second-order valence-electron chi connectivity index (χ2n) is 6.88. The van der Waals surface area contributed by atoms with E-state index in [1.807, 2.05) is 0 Å². The molecule has 2 aliphatic heterocycles.